The Morgan fingerprint density at radius 1 is 1.00 bits per heavy atom. The Balaban J connectivity index is 2.81. The maximum absolute atomic E-state index is 5.69. The van der Waals surface area contributed by atoms with Gasteiger partial charge in [0.05, 0.1) is 0 Å². The number of hydrogen-bond donors (Lipinski definition) is 0. The Morgan fingerprint density at radius 2 is 1.69 bits per heavy atom. The minimum Gasteiger partial charge on any atom is -0.232 e. The van der Waals surface area contributed by atoms with E-state index in [4.69, 9.17) is 23.2 Å². The standard InChI is InChI=1S/C8H5Cl2N3/c1-4-2-3-5-8(11-4)13-7(10)6(9)12-5/h2-3H,1H3. The molecular formula is C8H5Cl2N3. The van der Waals surface area contributed by atoms with E-state index in [9.17, 15) is 0 Å². The Hall–Kier alpha value is -0.930. The van der Waals surface area contributed by atoms with E-state index in [0.29, 0.717) is 11.2 Å². The van der Waals surface area contributed by atoms with Crippen LogP contribution in [0.25, 0.3) is 11.2 Å². The number of hydrogen-bond acceptors (Lipinski definition) is 3. The molecule has 2 heterocycles. The number of fused-ring (bicyclic) bond motifs is 1. The molecule has 0 aliphatic heterocycles. The van der Waals surface area contributed by atoms with Crippen LogP contribution in [-0.4, -0.2) is 15.0 Å². The first-order valence-corrected chi connectivity index (χ1v) is 4.39. The average Bonchev–Trinajstić information content (AvgIpc) is 2.08. The van der Waals surface area contributed by atoms with Crippen molar-refractivity contribution < 1.29 is 0 Å². The van der Waals surface area contributed by atoms with Crippen molar-refractivity contribution in [1.29, 1.82) is 0 Å². The van der Waals surface area contributed by atoms with Crippen molar-refractivity contribution >= 4 is 34.4 Å². The highest BCUT2D eigenvalue weighted by Crippen LogP contribution is 2.19. The molecule has 0 spiro atoms. The molecular weight excluding hydrogens is 209 g/mol. The third-order valence-electron chi connectivity index (χ3n) is 1.59. The Bertz CT molecular complexity index is 470. The zero-order valence-corrected chi connectivity index (χ0v) is 8.26. The van der Waals surface area contributed by atoms with Gasteiger partial charge in [0.2, 0.25) is 0 Å². The van der Waals surface area contributed by atoms with Crippen molar-refractivity contribution in [2.24, 2.45) is 0 Å². The second-order valence-electron chi connectivity index (χ2n) is 2.60. The van der Waals surface area contributed by atoms with E-state index in [2.05, 4.69) is 15.0 Å². The van der Waals surface area contributed by atoms with E-state index in [0.717, 1.165) is 5.69 Å². The minimum absolute atomic E-state index is 0.187. The molecule has 0 aromatic carbocycles. The van der Waals surface area contributed by atoms with Gasteiger partial charge in [-0.05, 0) is 19.1 Å². The molecule has 0 saturated carbocycles. The van der Waals surface area contributed by atoms with Crippen molar-refractivity contribution in [3.8, 4) is 0 Å². The van der Waals surface area contributed by atoms with E-state index in [-0.39, 0.29) is 10.3 Å². The van der Waals surface area contributed by atoms with Crippen LogP contribution in [0.15, 0.2) is 12.1 Å². The first-order chi connectivity index (χ1) is 6.16. The summed E-state index contributed by atoms with van der Waals surface area (Å²) >= 11 is 11.4. The number of nitrogens with zero attached hydrogens (tertiary/aromatic N) is 3. The summed E-state index contributed by atoms with van der Waals surface area (Å²) in [5.41, 5.74) is 2.05. The summed E-state index contributed by atoms with van der Waals surface area (Å²) in [4.78, 5) is 12.2. The van der Waals surface area contributed by atoms with Crippen LogP contribution in [0.3, 0.4) is 0 Å². The molecule has 3 nitrogen and oxygen atoms in total. The van der Waals surface area contributed by atoms with Gasteiger partial charge in [0.15, 0.2) is 16.0 Å². The largest absolute Gasteiger partial charge is 0.232 e. The fraction of sp³-hybridized carbons (Fsp3) is 0.125. The zero-order valence-electron chi connectivity index (χ0n) is 6.75. The summed E-state index contributed by atoms with van der Waals surface area (Å²) in [5.74, 6) is 0. The van der Waals surface area contributed by atoms with Gasteiger partial charge in [0.1, 0.15) is 5.52 Å². The van der Waals surface area contributed by atoms with Gasteiger partial charge in [-0.2, -0.15) is 0 Å². The summed E-state index contributed by atoms with van der Waals surface area (Å²) in [6.45, 7) is 1.88. The summed E-state index contributed by atoms with van der Waals surface area (Å²) in [5, 5.41) is 0.395. The second-order valence-corrected chi connectivity index (χ2v) is 3.32. The molecule has 0 fully saturated rings. The molecule has 2 aromatic heterocycles. The summed E-state index contributed by atoms with van der Waals surface area (Å²) in [6, 6.07) is 3.66. The topological polar surface area (TPSA) is 38.7 Å². The zero-order chi connectivity index (χ0) is 9.42. The van der Waals surface area contributed by atoms with Crippen LogP contribution in [0, 0.1) is 6.92 Å². The Morgan fingerprint density at radius 3 is 2.46 bits per heavy atom. The van der Waals surface area contributed by atoms with Crippen LogP contribution in [0.1, 0.15) is 5.69 Å². The quantitative estimate of drug-likeness (QED) is 0.676. The normalized spacial score (nSPS) is 10.7. The average molecular weight is 214 g/mol. The molecule has 0 aliphatic rings. The lowest BCUT2D eigenvalue weighted by molar-refractivity contribution is 1.17. The van der Waals surface area contributed by atoms with Crippen molar-refractivity contribution in [3.05, 3.63) is 28.1 Å². The maximum Gasteiger partial charge on any atom is 0.179 e. The number of halogens is 2. The number of rotatable bonds is 0. The molecule has 0 bridgehead atoms. The lowest BCUT2D eigenvalue weighted by Gasteiger charge is -1.98. The summed E-state index contributed by atoms with van der Waals surface area (Å²) in [7, 11) is 0. The van der Waals surface area contributed by atoms with Gasteiger partial charge in [-0.3, -0.25) is 0 Å². The van der Waals surface area contributed by atoms with Gasteiger partial charge in [0.25, 0.3) is 0 Å². The molecule has 0 aliphatic carbocycles. The third kappa shape index (κ3) is 1.57. The van der Waals surface area contributed by atoms with Crippen molar-refractivity contribution in [3.63, 3.8) is 0 Å². The molecule has 2 aromatic rings. The molecule has 13 heavy (non-hydrogen) atoms. The number of pyridine rings is 1. The molecule has 0 amide bonds. The van der Waals surface area contributed by atoms with E-state index < -0.39 is 0 Å². The highest BCUT2D eigenvalue weighted by Gasteiger charge is 2.04. The van der Waals surface area contributed by atoms with E-state index in [1.54, 1.807) is 0 Å². The van der Waals surface area contributed by atoms with Crippen LogP contribution < -0.4 is 0 Å². The Labute approximate surface area is 84.7 Å². The molecule has 0 radical (unpaired) electrons. The third-order valence-corrected chi connectivity index (χ3v) is 2.21. The van der Waals surface area contributed by atoms with Gasteiger partial charge in [-0.15, -0.1) is 0 Å². The van der Waals surface area contributed by atoms with E-state index in [1.165, 1.54) is 0 Å². The molecule has 0 unspecified atom stereocenters. The van der Waals surface area contributed by atoms with Gasteiger partial charge in [0, 0.05) is 5.69 Å². The fourth-order valence-electron chi connectivity index (χ4n) is 0.996. The van der Waals surface area contributed by atoms with Crippen LogP contribution in [0.4, 0.5) is 0 Å². The lowest BCUT2D eigenvalue weighted by Crippen LogP contribution is -1.91. The smallest absolute Gasteiger partial charge is 0.179 e. The fourth-order valence-corrected chi connectivity index (χ4v) is 1.25. The van der Waals surface area contributed by atoms with Crippen LogP contribution in [0.2, 0.25) is 10.3 Å². The maximum atomic E-state index is 5.69. The molecule has 66 valence electrons. The van der Waals surface area contributed by atoms with Crippen LogP contribution in [0.5, 0.6) is 0 Å². The predicted octanol–water partition coefficient (Wildman–Crippen LogP) is 2.64. The van der Waals surface area contributed by atoms with E-state index >= 15 is 0 Å². The van der Waals surface area contributed by atoms with Gasteiger partial charge < -0.3 is 0 Å². The van der Waals surface area contributed by atoms with Crippen molar-refractivity contribution in [2.75, 3.05) is 0 Å². The molecule has 0 N–H and O–H groups in total. The molecule has 5 heteroatoms. The first-order valence-electron chi connectivity index (χ1n) is 3.63. The Kier molecular flexibility index (Phi) is 2.06. The van der Waals surface area contributed by atoms with E-state index in [1.807, 2.05) is 19.1 Å². The lowest BCUT2D eigenvalue weighted by atomic mass is 10.3. The van der Waals surface area contributed by atoms with Crippen LogP contribution >= 0.6 is 23.2 Å². The van der Waals surface area contributed by atoms with Crippen LogP contribution in [-0.2, 0) is 0 Å². The monoisotopic (exact) mass is 213 g/mol. The van der Waals surface area contributed by atoms with Gasteiger partial charge in [-0.1, -0.05) is 23.2 Å². The van der Waals surface area contributed by atoms with Crippen molar-refractivity contribution in [1.82, 2.24) is 15.0 Å². The summed E-state index contributed by atoms with van der Waals surface area (Å²) < 4.78 is 0. The highest BCUT2D eigenvalue weighted by atomic mass is 35.5. The summed E-state index contributed by atoms with van der Waals surface area (Å²) in [6.07, 6.45) is 0. The first kappa shape index (κ1) is 8.66. The predicted molar refractivity (Wildman–Crippen MR) is 52.1 cm³/mol. The van der Waals surface area contributed by atoms with Gasteiger partial charge in [-0.25, -0.2) is 15.0 Å². The number of aryl methyl sites for hydroxylation is 1. The second kappa shape index (κ2) is 3.09. The SMILES string of the molecule is Cc1ccc2nc(Cl)c(Cl)nc2n1. The number of aromatic nitrogens is 3. The molecule has 0 atom stereocenters. The molecule has 0 saturated heterocycles. The highest BCUT2D eigenvalue weighted by molar-refractivity contribution is 6.40. The van der Waals surface area contributed by atoms with Crippen molar-refractivity contribution in [2.45, 2.75) is 6.92 Å². The van der Waals surface area contributed by atoms with Gasteiger partial charge >= 0.3 is 0 Å². The minimum atomic E-state index is 0.187. The molecule has 2 rings (SSSR count).